The van der Waals surface area contributed by atoms with Gasteiger partial charge in [-0.1, -0.05) is 4.57 Å². The fourth-order valence-electron chi connectivity index (χ4n) is 0.457. The molecule has 0 saturated carbocycles. The summed E-state index contributed by atoms with van der Waals surface area (Å²) in [5.41, 5.74) is 0. The van der Waals surface area contributed by atoms with Gasteiger partial charge < -0.3 is 14.5 Å². The first kappa shape index (κ1) is 12.2. The van der Waals surface area contributed by atoms with E-state index in [1.165, 1.54) is 6.92 Å². The van der Waals surface area contributed by atoms with Crippen LogP contribution in [0.5, 0.6) is 0 Å². The molecule has 12 heavy (non-hydrogen) atoms. The van der Waals surface area contributed by atoms with Crippen molar-refractivity contribution < 1.29 is 23.7 Å². The van der Waals surface area contributed by atoms with Crippen molar-refractivity contribution in [2.75, 3.05) is 13.0 Å². The van der Waals surface area contributed by atoms with Gasteiger partial charge in [0.1, 0.15) is 0 Å². The van der Waals surface area contributed by atoms with E-state index in [-0.39, 0.29) is 6.35 Å². The summed E-state index contributed by atoms with van der Waals surface area (Å²) in [4.78, 5) is 17.3. The first-order valence-corrected chi connectivity index (χ1v) is 6.66. The Bertz CT molecular complexity index is 198. The third-order valence-electron chi connectivity index (χ3n) is 1.33. The van der Waals surface area contributed by atoms with Crippen molar-refractivity contribution in [3.63, 3.8) is 0 Å². The molecule has 0 rings (SSSR count). The van der Waals surface area contributed by atoms with Crippen molar-refractivity contribution in [2.45, 2.75) is 19.2 Å². The Kier molecular flexibility index (Phi) is 5.14. The van der Waals surface area contributed by atoms with Crippen LogP contribution in [0, 0.1) is 0 Å². The standard InChI is InChI=1S/C5H12O5P2/c1-3-10-4-11(6)5(2)12(7,8)9/h5H,3-4H2,1-2H3,(H-,7,8,9)/p+1. The van der Waals surface area contributed by atoms with Crippen LogP contribution in [0.1, 0.15) is 13.8 Å². The van der Waals surface area contributed by atoms with Crippen molar-refractivity contribution in [3.8, 4) is 0 Å². The van der Waals surface area contributed by atoms with Gasteiger partial charge in [0.25, 0.3) is 5.40 Å². The van der Waals surface area contributed by atoms with Gasteiger partial charge in [-0.25, -0.2) is 0 Å². The Morgan fingerprint density at radius 1 is 1.58 bits per heavy atom. The summed E-state index contributed by atoms with van der Waals surface area (Å²) in [5, 5.41) is -1.11. The molecule has 7 heteroatoms. The quantitative estimate of drug-likeness (QED) is 0.676. The molecule has 0 aromatic rings. The van der Waals surface area contributed by atoms with E-state index in [1.54, 1.807) is 6.92 Å². The Labute approximate surface area is 72.1 Å². The molecule has 72 valence electrons. The van der Waals surface area contributed by atoms with E-state index in [4.69, 9.17) is 14.5 Å². The molecular weight excluding hydrogens is 202 g/mol. The molecule has 5 nitrogen and oxygen atoms in total. The molecule has 2 unspecified atom stereocenters. The van der Waals surface area contributed by atoms with E-state index in [2.05, 4.69) is 0 Å². The molecule has 2 N–H and O–H groups in total. The summed E-state index contributed by atoms with van der Waals surface area (Å²) in [7, 11) is -6.19. The van der Waals surface area contributed by atoms with E-state index in [0.29, 0.717) is 6.61 Å². The lowest BCUT2D eigenvalue weighted by Gasteiger charge is -2.02. The number of ether oxygens (including phenoxy) is 1. The maximum absolute atomic E-state index is 11.1. The Morgan fingerprint density at radius 3 is 2.42 bits per heavy atom. The third-order valence-corrected chi connectivity index (χ3v) is 5.25. The predicted octanol–water partition coefficient (Wildman–Crippen LogP) is 1.33. The van der Waals surface area contributed by atoms with E-state index in [0.717, 1.165) is 0 Å². The first-order chi connectivity index (χ1) is 5.39. The van der Waals surface area contributed by atoms with E-state index in [9.17, 15) is 9.13 Å². The lowest BCUT2D eigenvalue weighted by Crippen LogP contribution is -2.00. The van der Waals surface area contributed by atoms with Crippen LogP contribution in [0.4, 0.5) is 0 Å². The van der Waals surface area contributed by atoms with Crippen molar-refractivity contribution in [1.29, 1.82) is 0 Å². The molecule has 0 aromatic heterocycles. The van der Waals surface area contributed by atoms with Crippen molar-refractivity contribution >= 4 is 15.4 Å². The fraction of sp³-hybridized carbons (Fsp3) is 1.00. The molecular formula is C5H13O5P2+. The molecule has 0 aliphatic heterocycles. The molecule has 2 atom stereocenters. The summed E-state index contributed by atoms with van der Waals surface area (Å²) in [6, 6.07) is 0. The summed E-state index contributed by atoms with van der Waals surface area (Å²) >= 11 is 0. The minimum atomic E-state index is -4.22. The first-order valence-electron chi connectivity index (χ1n) is 3.46. The van der Waals surface area contributed by atoms with Crippen LogP contribution >= 0.6 is 15.4 Å². The lowest BCUT2D eigenvalue weighted by atomic mass is 10.9. The van der Waals surface area contributed by atoms with Gasteiger partial charge in [0.05, 0.1) is 0 Å². The van der Waals surface area contributed by atoms with Crippen LogP contribution in [-0.2, 0) is 13.9 Å². The van der Waals surface area contributed by atoms with Gasteiger partial charge in [-0.2, -0.15) is 0 Å². The smallest absolute Gasteiger partial charge is 0.338 e. The topological polar surface area (TPSA) is 83.8 Å². The molecule has 0 bridgehead atoms. The number of hydrogen-bond acceptors (Lipinski definition) is 3. The predicted molar refractivity (Wildman–Crippen MR) is 45.6 cm³/mol. The van der Waals surface area contributed by atoms with Gasteiger partial charge in [0.15, 0.2) is 0 Å². The second-order valence-corrected chi connectivity index (χ2v) is 6.49. The molecule has 0 aromatic carbocycles. The van der Waals surface area contributed by atoms with Crippen molar-refractivity contribution in [1.82, 2.24) is 0 Å². The minimum absolute atomic E-state index is 0.0852. The van der Waals surface area contributed by atoms with Gasteiger partial charge in [-0.15, -0.1) is 0 Å². The van der Waals surface area contributed by atoms with Crippen LogP contribution in [0.25, 0.3) is 0 Å². The lowest BCUT2D eigenvalue weighted by molar-refractivity contribution is 0.193. The van der Waals surface area contributed by atoms with E-state index >= 15 is 0 Å². The molecule has 0 radical (unpaired) electrons. The highest BCUT2D eigenvalue weighted by Crippen LogP contribution is 2.52. The van der Waals surface area contributed by atoms with Gasteiger partial charge in [0.2, 0.25) is 6.35 Å². The Hall–Kier alpha value is 0.210. The van der Waals surface area contributed by atoms with Crippen LogP contribution < -0.4 is 0 Å². The van der Waals surface area contributed by atoms with Crippen LogP contribution in [0.2, 0.25) is 0 Å². The molecule has 0 fully saturated rings. The summed E-state index contributed by atoms with van der Waals surface area (Å²) in [6.45, 7) is 3.39. The molecule has 0 saturated heterocycles. The Balaban J connectivity index is 4.03. The molecule has 0 aliphatic rings. The molecule has 0 spiro atoms. The van der Waals surface area contributed by atoms with Crippen molar-refractivity contribution in [3.05, 3.63) is 0 Å². The maximum Gasteiger partial charge on any atom is 0.382 e. The molecule has 0 heterocycles. The minimum Gasteiger partial charge on any atom is -0.338 e. The monoisotopic (exact) mass is 215 g/mol. The number of hydrogen-bond donors (Lipinski definition) is 2. The van der Waals surface area contributed by atoms with Crippen LogP contribution in [0.15, 0.2) is 0 Å². The largest absolute Gasteiger partial charge is 0.382 e. The highest BCUT2D eigenvalue weighted by atomic mass is 31.2. The number of rotatable bonds is 5. The highest BCUT2D eigenvalue weighted by Gasteiger charge is 2.40. The van der Waals surface area contributed by atoms with Gasteiger partial charge in [-0.3, -0.25) is 4.57 Å². The molecule has 0 aliphatic carbocycles. The maximum atomic E-state index is 11.1. The summed E-state index contributed by atoms with van der Waals surface area (Å²) < 4.78 is 26.5. The van der Waals surface area contributed by atoms with Crippen LogP contribution in [-0.4, -0.2) is 28.1 Å². The normalized spacial score (nSPS) is 15.8. The SMILES string of the molecule is CCOC[P+](=O)C(C)P(=O)(O)O. The second kappa shape index (κ2) is 5.05. The average Bonchev–Trinajstić information content (AvgIpc) is 1.97. The zero-order valence-corrected chi connectivity index (χ0v) is 8.79. The second-order valence-electron chi connectivity index (χ2n) is 2.26. The third kappa shape index (κ3) is 4.29. The average molecular weight is 215 g/mol. The Morgan fingerprint density at radius 2 is 2.08 bits per heavy atom. The van der Waals surface area contributed by atoms with E-state index < -0.39 is 20.8 Å². The zero-order chi connectivity index (χ0) is 9.78. The van der Waals surface area contributed by atoms with E-state index in [1.807, 2.05) is 0 Å². The van der Waals surface area contributed by atoms with Gasteiger partial charge in [0, 0.05) is 6.61 Å². The molecule has 0 amide bonds. The summed E-state index contributed by atoms with van der Waals surface area (Å²) in [6.07, 6.45) is -0.0852. The van der Waals surface area contributed by atoms with Crippen LogP contribution in [0.3, 0.4) is 0 Å². The van der Waals surface area contributed by atoms with Gasteiger partial charge >= 0.3 is 15.4 Å². The van der Waals surface area contributed by atoms with Gasteiger partial charge in [-0.05, 0) is 13.8 Å². The summed E-state index contributed by atoms with van der Waals surface area (Å²) in [5.74, 6) is 0. The highest BCUT2D eigenvalue weighted by molar-refractivity contribution is 7.67. The fourth-order valence-corrected chi connectivity index (χ4v) is 2.58. The van der Waals surface area contributed by atoms with Crippen molar-refractivity contribution in [2.24, 2.45) is 0 Å². The zero-order valence-electron chi connectivity index (χ0n) is 7.01.